The zero-order chi connectivity index (χ0) is 17.5. The molecule has 2 aromatic heterocycles. The lowest BCUT2D eigenvalue weighted by atomic mass is 9.80. The summed E-state index contributed by atoms with van der Waals surface area (Å²) in [7, 11) is -0.500. The number of thiazole rings is 1. The molecule has 1 unspecified atom stereocenters. The van der Waals surface area contributed by atoms with E-state index in [0.29, 0.717) is 11.6 Å². The molecular weight excluding hydrogens is 325 g/mol. The number of pyridine rings is 1. The Morgan fingerprint density at radius 1 is 1.21 bits per heavy atom. The third kappa shape index (κ3) is 3.13. The number of ether oxygens (including phenoxy) is 1. The van der Waals surface area contributed by atoms with Crippen molar-refractivity contribution in [1.82, 2.24) is 9.97 Å². The van der Waals surface area contributed by atoms with Crippen molar-refractivity contribution in [3.8, 4) is 5.75 Å². The van der Waals surface area contributed by atoms with Crippen molar-refractivity contribution in [3.63, 3.8) is 0 Å². The fourth-order valence-corrected chi connectivity index (χ4v) is 2.98. The molecule has 6 nitrogen and oxygen atoms in total. The quantitative estimate of drug-likeness (QED) is 0.857. The lowest BCUT2D eigenvalue weighted by molar-refractivity contribution is 0.00578. The van der Waals surface area contributed by atoms with Gasteiger partial charge in [0.2, 0.25) is 0 Å². The normalized spacial score (nSPS) is 20.1. The van der Waals surface area contributed by atoms with Gasteiger partial charge in [-0.25, -0.2) is 9.97 Å². The Hall–Kier alpha value is -1.64. The minimum atomic E-state index is -0.500. The van der Waals surface area contributed by atoms with E-state index >= 15 is 0 Å². The lowest BCUT2D eigenvalue weighted by Crippen LogP contribution is -2.41. The van der Waals surface area contributed by atoms with E-state index in [4.69, 9.17) is 19.8 Å². The maximum Gasteiger partial charge on any atom is 0.496 e. The summed E-state index contributed by atoms with van der Waals surface area (Å²) in [6.07, 6.45) is 1.45. The monoisotopic (exact) mass is 347 g/mol. The molecule has 1 aliphatic heterocycles. The molecule has 8 heteroatoms. The molecule has 0 bridgehead atoms. The van der Waals surface area contributed by atoms with Crippen molar-refractivity contribution < 1.29 is 14.0 Å². The summed E-state index contributed by atoms with van der Waals surface area (Å²) in [6.45, 7) is 9.98. The topological polar surface area (TPSA) is 79.5 Å². The van der Waals surface area contributed by atoms with E-state index in [1.54, 1.807) is 11.7 Å². The van der Waals surface area contributed by atoms with E-state index in [0.717, 1.165) is 11.2 Å². The van der Waals surface area contributed by atoms with E-state index in [-0.39, 0.29) is 6.10 Å². The van der Waals surface area contributed by atoms with Gasteiger partial charge in [0.15, 0.2) is 11.6 Å². The lowest BCUT2D eigenvalue weighted by Gasteiger charge is -2.32. The summed E-state index contributed by atoms with van der Waals surface area (Å²) in [4.78, 5) is 8.49. The van der Waals surface area contributed by atoms with Gasteiger partial charge in [-0.05, 0) is 40.7 Å². The van der Waals surface area contributed by atoms with Gasteiger partial charge in [0.1, 0.15) is 6.10 Å². The van der Waals surface area contributed by atoms with Gasteiger partial charge in [0.25, 0.3) is 0 Å². The van der Waals surface area contributed by atoms with Crippen LogP contribution in [0.25, 0.3) is 0 Å². The van der Waals surface area contributed by atoms with Crippen LogP contribution >= 0.6 is 11.3 Å². The summed E-state index contributed by atoms with van der Waals surface area (Å²) in [5.41, 5.74) is 8.56. The van der Waals surface area contributed by atoms with Crippen LogP contribution in [0.5, 0.6) is 5.75 Å². The van der Waals surface area contributed by atoms with Gasteiger partial charge in [0.05, 0.1) is 22.4 Å². The molecule has 0 aliphatic carbocycles. The van der Waals surface area contributed by atoms with Gasteiger partial charge in [-0.15, -0.1) is 11.3 Å². The standard InChI is InChI=1S/C16H22BN3O3S/c1-10(12-8-24-9-20-12)21-13-6-11(7-19-14(13)18)17-22-15(2,3)16(4,5)23-17/h6-10H,1-5H3,(H2,18,19). The minimum Gasteiger partial charge on any atom is -0.481 e. The van der Waals surface area contributed by atoms with Crippen LogP contribution in [-0.4, -0.2) is 28.3 Å². The Bertz CT molecular complexity index is 705. The maximum atomic E-state index is 6.05. The van der Waals surface area contributed by atoms with Gasteiger partial charge in [-0.1, -0.05) is 0 Å². The first-order chi connectivity index (χ1) is 11.2. The zero-order valence-electron chi connectivity index (χ0n) is 14.6. The third-order valence-corrected chi connectivity index (χ3v) is 5.20. The molecule has 2 N–H and O–H groups in total. The number of nitrogen functional groups attached to an aromatic ring is 1. The number of rotatable bonds is 4. The SMILES string of the molecule is CC(Oc1cc(B2OC(C)(C)C(C)(C)O2)cnc1N)c1cscn1. The second-order valence-corrected chi connectivity index (χ2v) is 7.63. The van der Waals surface area contributed by atoms with Crippen molar-refractivity contribution in [2.75, 3.05) is 5.73 Å². The molecule has 24 heavy (non-hydrogen) atoms. The summed E-state index contributed by atoms with van der Waals surface area (Å²) in [6, 6.07) is 1.83. The Labute approximate surface area is 146 Å². The molecule has 1 saturated heterocycles. The highest BCUT2D eigenvalue weighted by Crippen LogP contribution is 2.37. The van der Waals surface area contributed by atoms with Crippen LogP contribution in [0.2, 0.25) is 0 Å². The second kappa shape index (κ2) is 6.02. The van der Waals surface area contributed by atoms with Gasteiger partial charge in [-0.3, -0.25) is 0 Å². The first-order valence-corrected chi connectivity index (χ1v) is 8.80. The Kier molecular flexibility index (Phi) is 4.31. The molecule has 3 heterocycles. The molecule has 1 atom stereocenters. The van der Waals surface area contributed by atoms with Crippen LogP contribution < -0.4 is 15.9 Å². The predicted octanol–water partition coefficient (Wildman–Crippen LogP) is 2.56. The highest BCUT2D eigenvalue weighted by Gasteiger charge is 2.52. The number of anilines is 1. The van der Waals surface area contributed by atoms with E-state index in [1.165, 1.54) is 11.3 Å². The highest BCUT2D eigenvalue weighted by atomic mass is 32.1. The zero-order valence-corrected chi connectivity index (χ0v) is 15.4. The number of hydrogen-bond acceptors (Lipinski definition) is 7. The maximum absolute atomic E-state index is 6.05. The van der Waals surface area contributed by atoms with Crippen LogP contribution in [0.1, 0.15) is 46.4 Å². The Morgan fingerprint density at radius 3 is 2.46 bits per heavy atom. The van der Waals surface area contributed by atoms with Crippen molar-refractivity contribution in [2.45, 2.75) is 51.9 Å². The minimum absolute atomic E-state index is 0.214. The average molecular weight is 347 g/mol. The van der Waals surface area contributed by atoms with Crippen LogP contribution in [0.15, 0.2) is 23.2 Å². The van der Waals surface area contributed by atoms with Crippen LogP contribution in [0, 0.1) is 0 Å². The Balaban J connectivity index is 1.82. The first-order valence-electron chi connectivity index (χ1n) is 7.85. The molecule has 0 aromatic carbocycles. The molecule has 0 spiro atoms. The largest absolute Gasteiger partial charge is 0.496 e. The van der Waals surface area contributed by atoms with Crippen molar-refractivity contribution >= 4 is 29.7 Å². The van der Waals surface area contributed by atoms with Gasteiger partial charge < -0.3 is 19.8 Å². The van der Waals surface area contributed by atoms with E-state index in [2.05, 4.69) is 9.97 Å². The van der Waals surface area contributed by atoms with E-state index in [9.17, 15) is 0 Å². The summed E-state index contributed by atoms with van der Waals surface area (Å²) in [5.74, 6) is 0.833. The Morgan fingerprint density at radius 2 is 1.88 bits per heavy atom. The smallest absolute Gasteiger partial charge is 0.481 e. The number of nitrogens with two attached hydrogens (primary N) is 1. The molecule has 2 aromatic rings. The second-order valence-electron chi connectivity index (χ2n) is 6.91. The number of nitrogens with zero attached hydrogens (tertiary/aromatic N) is 2. The summed E-state index contributed by atoms with van der Waals surface area (Å²) in [5, 5.41) is 1.95. The van der Waals surface area contributed by atoms with Crippen molar-refractivity contribution in [3.05, 3.63) is 28.8 Å². The van der Waals surface area contributed by atoms with E-state index < -0.39 is 18.3 Å². The van der Waals surface area contributed by atoms with Crippen molar-refractivity contribution in [1.29, 1.82) is 0 Å². The fourth-order valence-electron chi connectivity index (χ4n) is 2.35. The molecule has 0 radical (unpaired) electrons. The van der Waals surface area contributed by atoms with Crippen molar-refractivity contribution in [2.24, 2.45) is 0 Å². The van der Waals surface area contributed by atoms with Gasteiger partial charge >= 0.3 is 7.12 Å². The average Bonchev–Trinajstić information content (AvgIpc) is 3.08. The predicted molar refractivity (Wildman–Crippen MR) is 95.5 cm³/mol. The van der Waals surface area contributed by atoms with Crippen LogP contribution in [0.3, 0.4) is 0 Å². The third-order valence-electron chi connectivity index (χ3n) is 4.60. The van der Waals surface area contributed by atoms with Gasteiger partial charge in [0, 0.05) is 17.0 Å². The fraction of sp³-hybridized carbons (Fsp3) is 0.500. The van der Waals surface area contributed by atoms with Crippen LogP contribution in [-0.2, 0) is 9.31 Å². The number of hydrogen-bond donors (Lipinski definition) is 1. The molecule has 1 fully saturated rings. The summed E-state index contributed by atoms with van der Waals surface area (Å²) < 4.78 is 18.0. The first kappa shape index (κ1) is 17.2. The molecule has 0 amide bonds. The molecular formula is C16H22BN3O3S. The number of aromatic nitrogens is 2. The highest BCUT2D eigenvalue weighted by molar-refractivity contribution is 7.07. The molecule has 0 saturated carbocycles. The molecule has 128 valence electrons. The molecule has 3 rings (SSSR count). The van der Waals surface area contributed by atoms with Crippen LogP contribution in [0.4, 0.5) is 5.82 Å². The summed E-state index contributed by atoms with van der Waals surface area (Å²) >= 11 is 1.53. The molecule has 1 aliphatic rings. The van der Waals surface area contributed by atoms with E-state index in [1.807, 2.05) is 46.1 Å². The van der Waals surface area contributed by atoms with Gasteiger partial charge in [-0.2, -0.15) is 0 Å².